The molecule has 0 saturated carbocycles. The number of hydrogen-bond acceptors (Lipinski definition) is 12. The number of ether oxygens (including phenoxy) is 4. The molecule has 0 bridgehead atoms. The van der Waals surface area contributed by atoms with Crippen LogP contribution in [0.4, 0.5) is 0 Å². The van der Waals surface area contributed by atoms with Gasteiger partial charge in [0.15, 0.2) is 0 Å². The molecule has 8 aromatic carbocycles. The highest BCUT2D eigenvalue weighted by molar-refractivity contribution is 7.92. The van der Waals surface area contributed by atoms with E-state index in [0.717, 1.165) is 52.1 Å². The summed E-state index contributed by atoms with van der Waals surface area (Å²) in [6, 6.07) is 45.4. The third-order valence-electron chi connectivity index (χ3n) is 10.5. The van der Waals surface area contributed by atoms with Gasteiger partial charge < -0.3 is 18.9 Å². The van der Waals surface area contributed by atoms with Crippen LogP contribution in [0.2, 0.25) is 0 Å². The lowest BCUT2D eigenvalue weighted by atomic mass is 10.1. The van der Waals surface area contributed by atoms with Gasteiger partial charge in [-0.25, -0.2) is 16.8 Å². The number of rotatable bonds is 15. The van der Waals surface area contributed by atoms with Crippen molar-refractivity contribution in [3.8, 4) is 62.5 Å². The van der Waals surface area contributed by atoms with Gasteiger partial charge >= 0.3 is 0 Å². The molecule has 0 spiro atoms. The molecule has 0 aromatic heterocycles. The van der Waals surface area contributed by atoms with Crippen molar-refractivity contribution in [2.24, 2.45) is 0 Å². The van der Waals surface area contributed by atoms with Crippen molar-refractivity contribution in [3.05, 3.63) is 188 Å². The molecule has 0 heterocycles. The molecule has 0 aliphatic carbocycles. The maximum Gasteiger partial charge on any atom is 0.298 e. The minimum atomic E-state index is -5.10. The summed E-state index contributed by atoms with van der Waals surface area (Å²) in [4.78, 5) is -2.74. The lowest BCUT2D eigenvalue weighted by Crippen LogP contribution is -2.08. The Kier molecular flexibility index (Phi) is 13.0. The Morgan fingerprint density at radius 1 is 0.338 bits per heavy atom. The van der Waals surface area contributed by atoms with E-state index in [-0.39, 0.29) is 21.3 Å². The van der Waals surface area contributed by atoms with E-state index in [4.69, 9.17) is 18.9 Å². The molecule has 0 fully saturated rings. The smallest absolute Gasteiger partial charge is 0.298 e. The molecule has 8 aromatic rings. The predicted octanol–water partition coefficient (Wildman–Crippen LogP) is 10.9. The van der Waals surface area contributed by atoms with Crippen LogP contribution in [-0.2, 0) is 39.9 Å². The maximum atomic E-state index is 13.9. The molecular weight excluding hydrogens is 953 g/mol. The minimum Gasteiger partial charge on any atom is -0.497 e. The number of methoxy groups -OCH3 is 1. The van der Waals surface area contributed by atoms with Crippen LogP contribution in [0.15, 0.2) is 211 Å². The molecule has 0 atom stereocenters. The lowest BCUT2D eigenvalue weighted by Gasteiger charge is -2.14. The van der Waals surface area contributed by atoms with Crippen molar-refractivity contribution in [3.63, 3.8) is 0 Å². The largest absolute Gasteiger partial charge is 0.497 e. The van der Waals surface area contributed by atoms with Crippen molar-refractivity contribution in [2.45, 2.75) is 36.3 Å². The van der Waals surface area contributed by atoms with E-state index >= 15 is 0 Å². The van der Waals surface area contributed by atoms with Crippen molar-refractivity contribution in [1.29, 1.82) is 0 Å². The summed E-state index contributed by atoms with van der Waals surface area (Å²) < 4.78 is 147. The fourth-order valence-electron chi connectivity index (χ4n) is 6.88. The number of sulfone groups is 2. The maximum absolute atomic E-state index is 13.9. The van der Waals surface area contributed by atoms with Crippen molar-refractivity contribution >= 4 is 39.9 Å². The van der Waals surface area contributed by atoms with Gasteiger partial charge in [0, 0.05) is 0 Å². The van der Waals surface area contributed by atoms with Crippen LogP contribution in [0.1, 0.15) is 5.56 Å². The van der Waals surface area contributed by atoms with Crippen LogP contribution in [-0.4, -0.2) is 49.9 Å². The topological polar surface area (TPSA) is 214 Å². The summed E-state index contributed by atoms with van der Waals surface area (Å²) in [5.74, 6) is 1.08. The number of hydrogen-bond donors (Lipinski definition) is 2. The summed E-state index contributed by atoms with van der Waals surface area (Å²) >= 11 is 0. The fraction of sp³-hybridized carbons (Fsp3) is 0.0400. The Morgan fingerprint density at radius 3 is 0.956 bits per heavy atom. The Hall–Kier alpha value is -7.32. The second kappa shape index (κ2) is 18.8. The third kappa shape index (κ3) is 10.5. The molecule has 0 amide bonds. The molecule has 0 aliphatic rings. The first-order chi connectivity index (χ1) is 32.3. The molecule has 0 saturated heterocycles. The Morgan fingerprint density at radius 2 is 0.618 bits per heavy atom. The summed E-state index contributed by atoms with van der Waals surface area (Å²) in [6.07, 6.45) is 0. The van der Waals surface area contributed by atoms with E-state index in [9.17, 15) is 42.8 Å². The highest BCUT2D eigenvalue weighted by Crippen LogP contribution is 2.37. The van der Waals surface area contributed by atoms with Crippen LogP contribution < -0.4 is 18.9 Å². The van der Waals surface area contributed by atoms with E-state index in [0.29, 0.717) is 29.4 Å². The minimum absolute atomic E-state index is 0.129. The van der Waals surface area contributed by atoms with Crippen LogP contribution >= 0.6 is 0 Å². The van der Waals surface area contributed by atoms with Crippen LogP contribution in [0.3, 0.4) is 0 Å². The van der Waals surface area contributed by atoms with Crippen molar-refractivity contribution in [1.82, 2.24) is 0 Å². The van der Waals surface area contributed by atoms with E-state index in [1.807, 2.05) is 19.1 Å². The highest BCUT2D eigenvalue weighted by Gasteiger charge is 2.28. The quantitative estimate of drug-likeness (QED) is 0.0915. The third-order valence-corrected chi connectivity index (χ3v) is 15.8. The average molecular weight is 991 g/mol. The Labute approximate surface area is 393 Å². The monoisotopic (exact) mass is 990 g/mol. The summed E-state index contributed by atoms with van der Waals surface area (Å²) in [5.41, 5.74) is 4.12. The number of aryl methyl sites for hydroxylation is 1. The van der Waals surface area contributed by atoms with Gasteiger partial charge in [0.1, 0.15) is 50.0 Å². The zero-order chi connectivity index (χ0) is 48.4. The van der Waals surface area contributed by atoms with Gasteiger partial charge in [0.05, 0.1) is 26.7 Å². The van der Waals surface area contributed by atoms with Gasteiger partial charge in [-0.15, -0.1) is 0 Å². The molecule has 0 radical (unpaired) electrons. The second-order valence-corrected chi connectivity index (χ2v) is 21.7. The molecule has 0 aliphatic heterocycles. The molecule has 8 rings (SSSR count). The zero-order valence-electron chi connectivity index (χ0n) is 35.7. The van der Waals surface area contributed by atoms with Gasteiger partial charge in [-0.3, -0.25) is 9.11 Å². The second-order valence-electron chi connectivity index (χ2n) is 15.1. The Balaban J connectivity index is 0.957. The first-order valence-corrected chi connectivity index (χ1v) is 26.0. The van der Waals surface area contributed by atoms with Crippen LogP contribution in [0.5, 0.6) is 40.2 Å². The van der Waals surface area contributed by atoms with Crippen LogP contribution in [0, 0.1) is 6.92 Å². The summed E-state index contributed by atoms with van der Waals surface area (Å²) in [7, 11) is -17.0. The highest BCUT2D eigenvalue weighted by atomic mass is 32.2. The van der Waals surface area contributed by atoms with Crippen LogP contribution in [0.25, 0.3) is 22.3 Å². The lowest BCUT2D eigenvalue weighted by molar-refractivity contribution is 0.415. The Bertz CT molecular complexity index is 3600. The van der Waals surface area contributed by atoms with Gasteiger partial charge in [0.25, 0.3) is 20.2 Å². The van der Waals surface area contributed by atoms with Gasteiger partial charge in [0.2, 0.25) is 19.7 Å². The van der Waals surface area contributed by atoms with E-state index in [1.54, 1.807) is 116 Å². The molecular formula is C50H38O14S4. The predicted molar refractivity (Wildman–Crippen MR) is 252 cm³/mol. The number of benzene rings is 8. The summed E-state index contributed by atoms with van der Waals surface area (Å²) in [6.45, 7) is 1.87. The van der Waals surface area contributed by atoms with Crippen molar-refractivity contribution in [2.75, 3.05) is 7.11 Å². The van der Waals surface area contributed by atoms with Gasteiger partial charge in [-0.05, 0) is 151 Å². The normalized spacial score (nSPS) is 12.0. The van der Waals surface area contributed by atoms with Gasteiger partial charge in [-0.1, -0.05) is 66.2 Å². The molecule has 2 N–H and O–H groups in total. The summed E-state index contributed by atoms with van der Waals surface area (Å²) in [5, 5.41) is 0. The zero-order valence-corrected chi connectivity index (χ0v) is 39.0. The average Bonchev–Trinajstić information content (AvgIpc) is 3.32. The molecule has 18 heteroatoms. The SMILES string of the molecule is COc1ccc(-c2ccc(Oc3ccc(S(=O)(=O)c4ccc(Oc5ccc(-c6ccc(Oc7ccc(S(=O)(=O)c8ccc(C)cc8)cc7)cc6)cc5)c(S(=O)(=O)O)c4)cc3S(=O)(=O)O)cc2)cc1. The molecule has 0 unspecified atom stereocenters. The van der Waals surface area contributed by atoms with E-state index < -0.39 is 71.0 Å². The first kappa shape index (κ1) is 47.2. The molecule has 346 valence electrons. The van der Waals surface area contributed by atoms with Gasteiger partial charge in [-0.2, -0.15) is 16.8 Å². The van der Waals surface area contributed by atoms with E-state index in [2.05, 4.69) is 0 Å². The standard InChI is InChI=1S/C50H38O14S4/c1-33-3-23-43(24-4-33)65(51,52)44-25-21-40(22-26-44)62-39-15-7-35(8-16-39)37-11-19-42(20-12-37)64-48-30-28-46(32-50(48)68(58,59)60)66(53,54)45-27-29-47(49(31-45)67(55,56)57)63-41-17-9-36(10-18-41)34-5-13-38(61-2)14-6-34/h3-32H,1-2H3,(H,55,56,57)(H,58,59,60). The van der Waals surface area contributed by atoms with E-state index in [1.165, 1.54) is 24.3 Å². The van der Waals surface area contributed by atoms with Crippen molar-refractivity contribution < 1.29 is 61.7 Å². The fourth-order valence-corrected chi connectivity index (χ4v) is 10.9. The first-order valence-electron chi connectivity index (χ1n) is 20.2. The molecule has 68 heavy (non-hydrogen) atoms. The molecule has 14 nitrogen and oxygen atoms in total.